The van der Waals surface area contributed by atoms with Crippen LogP contribution in [0, 0.1) is 6.92 Å². The first-order valence-corrected chi connectivity index (χ1v) is 3.83. The minimum atomic E-state index is -4.41. The van der Waals surface area contributed by atoms with Gasteiger partial charge in [-0.1, -0.05) is 5.21 Å². The molecule has 1 rings (SSSR count). The Morgan fingerprint density at radius 3 is 2.08 bits per heavy atom. The van der Waals surface area contributed by atoms with Crippen LogP contribution in [-0.4, -0.2) is 15.0 Å². The Hall–Kier alpha value is -1.07. The molecule has 0 unspecified atom stereocenters. The molecule has 0 radical (unpaired) electrons. The molecule has 0 saturated heterocycles. The van der Waals surface area contributed by atoms with Crippen LogP contribution in [0.5, 0.6) is 0 Å². The lowest BCUT2D eigenvalue weighted by molar-refractivity contribution is -0.141. The highest BCUT2D eigenvalue weighted by Crippen LogP contribution is 2.30. The van der Waals surface area contributed by atoms with Crippen LogP contribution >= 0.6 is 0 Å². The van der Waals surface area contributed by atoms with E-state index in [-0.39, 0.29) is 11.7 Å². The molecule has 0 aliphatic carbocycles. The van der Waals surface area contributed by atoms with E-state index in [9.17, 15) is 13.2 Å². The Balaban J connectivity index is 3.14. The van der Waals surface area contributed by atoms with Gasteiger partial charge in [-0.3, -0.25) is 0 Å². The van der Waals surface area contributed by atoms with Gasteiger partial charge in [0.15, 0.2) is 5.69 Å². The standard InChI is InChI=1S/C7H10F3N3/c1-4(2)13-5(3)6(11-12-13)7(8,9)10/h4H,1-3H3. The summed E-state index contributed by atoms with van der Waals surface area (Å²) in [6, 6.07) is -0.108. The first-order valence-electron chi connectivity index (χ1n) is 3.83. The number of nitrogens with zero attached hydrogens (tertiary/aromatic N) is 3. The van der Waals surface area contributed by atoms with Crippen molar-refractivity contribution in [1.82, 2.24) is 15.0 Å². The maximum absolute atomic E-state index is 12.2. The monoisotopic (exact) mass is 193 g/mol. The van der Waals surface area contributed by atoms with Crippen molar-refractivity contribution in [3.05, 3.63) is 11.4 Å². The number of rotatable bonds is 1. The lowest BCUT2D eigenvalue weighted by Crippen LogP contribution is -2.10. The van der Waals surface area contributed by atoms with Crippen LogP contribution in [0.4, 0.5) is 13.2 Å². The van der Waals surface area contributed by atoms with Crippen LogP contribution in [0.1, 0.15) is 31.3 Å². The lowest BCUT2D eigenvalue weighted by atomic mass is 10.3. The molecule has 0 amide bonds. The van der Waals surface area contributed by atoms with Crippen LogP contribution in [0.25, 0.3) is 0 Å². The number of halogens is 3. The summed E-state index contributed by atoms with van der Waals surface area (Å²) < 4.78 is 37.9. The highest BCUT2D eigenvalue weighted by Gasteiger charge is 2.37. The van der Waals surface area contributed by atoms with Gasteiger partial charge in [0.05, 0.1) is 5.69 Å². The first kappa shape index (κ1) is 10.0. The minimum Gasteiger partial charge on any atom is -0.247 e. The van der Waals surface area contributed by atoms with Gasteiger partial charge in [0, 0.05) is 6.04 Å². The van der Waals surface area contributed by atoms with Crippen LogP contribution < -0.4 is 0 Å². The summed E-state index contributed by atoms with van der Waals surface area (Å²) in [4.78, 5) is 0. The van der Waals surface area contributed by atoms with E-state index in [0.29, 0.717) is 0 Å². The van der Waals surface area contributed by atoms with Gasteiger partial charge >= 0.3 is 6.18 Å². The van der Waals surface area contributed by atoms with Gasteiger partial charge in [-0.15, -0.1) is 5.10 Å². The number of alkyl halides is 3. The van der Waals surface area contributed by atoms with Gasteiger partial charge in [-0.05, 0) is 20.8 Å². The Bertz CT molecular complexity index is 300. The third-order valence-corrected chi connectivity index (χ3v) is 1.69. The van der Waals surface area contributed by atoms with Crippen molar-refractivity contribution < 1.29 is 13.2 Å². The maximum Gasteiger partial charge on any atom is 0.437 e. The highest BCUT2D eigenvalue weighted by atomic mass is 19.4. The van der Waals surface area contributed by atoms with E-state index in [1.165, 1.54) is 11.6 Å². The van der Waals surface area contributed by atoms with Gasteiger partial charge in [-0.2, -0.15) is 13.2 Å². The van der Waals surface area contributed by atoms with E-state index in [1.807, 2.05) is 0 Å². The molecule has 6 heteroatoms. The van der Waals surface area contributed by atoms with Crippen molar-refractivity contribution in [2.75, 3.05) is 0 Å². The normalized spacial score (nSPS) is 12.5. The largest absolute Gasteiger partial charge is 0.437 e. The molecule has 0 saturated carbocycles. The second-order valence-electron chi connectivity index (χ2n) is 3.06. The summed E-state index contributed by atoms with van der Waals surface area (Å²) >= 11 is 0. The van der Waals surface area contributed by atoms with Gasteiger partial charge < -0.3 is 0 Å². The van der Waals surface area contributed by atoms with Gasteiger partial charge in [0.25, 0.3) is 0 Å². The zero-order valence-electron chi connectivity index (χ0n) is 7.55. The second-order valence-corrected chi connectivity index (χ2v) is 3.06. The van der Waals surface area contributed by atoms with Crippen LogP contribution in [0.3, 0.4) is 0 Å². The van der Waals surface area contributed by atoms with Crippen molar-refractivity contribution in [2.45, 2.75) is 33.0 Å². The third kappa shape index (κ3) is 1.81. The second kappa shape index (κ2) is 3.01. The Morgan fingerprint density at radius 2 is 1.85 bits per heavy atom. The van der Waals surface area contributed by atoms with E-state index in [1.54, 1.807) is 13.8 Å². The molecule has 1 aromatic heterocycles. The fraction of sp³-hybridized carbons (Fsp3) is 0.714. The van der Waals surface area contributed by atoms with E-state index >= 15 is 0 Å². The molecule has 1 heterocycles. The van der Waals surface area contributed by atoms with Crippen LogP contribution in [-0.2, 0) is 6.18 Å². The summed E-state index contributed by atoms with van der Waals surface area (Å²) in [5.41, 5.74) is -0.844. The molecule has 13 heavy (non-hydrogen) atoms. The number of hydrogen-bond acceptors (Lipinski definition) is 2. The summed E-state index contributed by atoms with van der Waals surface area (Å²) in [5.74, 6) is 0. The molecule has 0 bridgehead atoms. The summed E-state index contributed by atoms with van der Waals surface area (Å²) in [5, 5.41) is 6.52. The first-order chi connectivity index (χ1) is 5.84. The Kier molecular flexibility index (Phi) is 2.32. The van der Waals surface area contributed by atoms with Crippen molar-refractivity contribution in [3.8, 4) is 0 Å². The molecule has 0 atom stereocenters. The summed E-state index contributed by atoms with van der Waals surface area (Å²) in [6.45, 7) is 4.87. The van der Waals surface area contributed by atoms with E-state index < -0.39 is 11.9 Å². The van der Waals surface area contributed by atoms with Crippen LogP contribution in [0.15, 0.2) is 0 Å². The fourth-order valence-corrected chi connectivity index (χ4v) is 1.09. The van der Waals surface area contributed by atoms with E-state index in [0.717, 1.165) is 0 Å². The minimum absolute atomic E-state index is 0.0579. The molecular weight excluding hydrogens is 183 g/mol. The van der Waals surface area contributed by atoms with Gasteiger partial charge in [-0.25, -0.2) is 4.68 Å². The van der Waals surface area contributed by atoms with Crippen molar-refractivity contribution in [3.63, 3.8) is 0 Å². The predicted octanol–water partition coefficient (Wildman–Crippen LogP) is 2.19. The predicted molar refractivity (Wildman–Crippen MR) is 40.1 cm³/mol. The molecule has 74 valence electrons. The molecule has 3 nitrogen and oxygen atoms in total. The SMILES string of the molecule is Cc1c(C(F)(F)F)nnn1C(C)C. The average Bonchev–Trinajstić information content (AvgIpc) is 2.28. The Morgan fingerprint density at radius 1 is 1.31 bits per heavy atom. The summed E-state index contributed by atoms with van der Waals surface area (Å²) in [6.07, 6.45) is -4.41. The average molecular weight is 193 g/mol. The Labute approximate surface area is 73.5 Å². The summed E-state index contributed by atoms with van der Waals surface area (Å²) in [7, 11) is 0. The maximum atomic E-state index is 12.2. The molecule has 0 aliphatic heterocycles. The van der Waals surface area contributed by atoms with Crippen molar-refractivity contribution in [1.29, 1.82) is 0 Å². The zero-order chi connectivity index (χ0) is 10.2. The third-order valence-electron chi connectivity index (χ3n) is 1.69. The lowest BCUT2D eigenvalue weighted by Gasteiger charge is -2.07. The van der Waals surface area contributed by atoms with Crippen LogP contribution in [0.2, 0.25) is 0 Å². The molecule has 0 N–H and O–H groups in total. The fourth-order valence-electron chi connectivity index (χ4n) is 1.09. The zero-order valence-corrected chi connectivity index (χ0v) is 7.55. The molecule has 0 aromatic carbocycles. The van der Waals surface area contributed by atoms with Gasteiger partial charge in [0.1, 0.15) is 0 Å². The van der Waals surface area contributed by atoms with Crippen molar-refractivity contribution >= 4 is 0 Å². The highest BCUT2D eigenvalue weighted by molar-refractivity contribution is 5.11. The topological polar surface area (TPSA) is 30.7 Å². The van der Waals surface area contributed by atoms with E-state index in [2.05, 4.69) is 10.3 Å². The molecule has 0 aliphatic rings. The van der Waals surface area contributed by atoms with E-state index in [4.69, 9.17) is 0 Å². The quantitative estimate of drug-likeness (QED) is 0.684. The molecule has 1 aromatic rings. The molecule has 0 fully saturated rings. The number of aromatic nitrogens is 3. The number of hydrogen-bond donors (Lipinski definition) is 0. The molecule has 0 spiro atoms. The smallest absolute Gasteiger partial charge is 0.247 e. The van der Waals surface area contributed by atoms with Crippen molar-refractivity contribution in [2.24, 2.45) is 0 Å². The molecular formula is C7H10F3N3. The van der Waals surface area contributed by atoms with Gasteiger partial charge in [0.2, 0.25) is 0 Å².